The summed E-state index contributed by atoms with van der Waals surface area (Å²) in [5, 5.41) is 26.8. The molecule has 0 fully saturated rings. The summed E-state index contributed by atoms with van der Waals surface area (Å²) in [4.78, 5) is 0. The van der Waals surface area contributed by atoms with E-state index in [0.717, 1.165) is 12.1 Å². The summed E-state index contributed by atoms with van der Waals surface area (Å²) in [7, 11) is 0. The van der Waals surface area contributed by atoms with E-state index in [0.29, 0.717) is 6.92 Å². The van der Waals surface area contributed by atoms with Crippen LogP contribution in [0, 0.1) is 22.7 Å². The zero-order chi connectivity index (χ0) is 13.3. The number of halogens is 3. The Bertz CT molecular complexity index is 521. The molecule has 1 aromatic rings. The van der Waals surface area contributed by atoms with Crippen LogP contribution in [0.25, 0.3) is 0 Å². The third kappa shape index (κ3) is 2.22. The van der Waals surface area contributed by atoms with Crippen molar-refractivity contribution in [1.29, 1.82) is 10.5 Å². The number of aliphatic hydroxyl groups is 1. The van der Waals surface area contributed by atoms with Crippen molar-refractivity contribution in [3.63, 3.8) is 0 Å². The van der Waals surface area contributed by atoms with E-state index >= 15 is 0 Å². The molecule has 6 heteroatoms. The molecule has 1 atom stereocenters. The number of rotatable bonds is 1. The van der Waals surface area contributed by atoms with Crippen molar-refractivity contribution in [2.75, 3.05) is 0 Å². The number of benzene rings is 1. The van der Waals surface area contributed by atoms with Gasteiger partial charge in [0.15, 0.2) is 5.60 Å². The summed E-state index contributed by atoms with van der Waals surface area (Å²) >= 11 is 0. The SMILES string of the molecule is CC(O)(c1cc(C#N)ccc1C#N)C(F)(F)F. The van der Waals surface area contributed by atoms with E-state index in [1.165, 1.54) is 6.07 Å². The van der Waals surface area contributed by atoms with Crippen molar-refractivity contribution in [1.82, 2.24) is 0 Å². The van der Waals surface area contributed by atoms with Gasteiger partial charge in [-0.05, 0) is 25.1 Å². The number of nitriles is 2. The van der Waals surface area contributed by atoms with Gasteiger partial charge in [0.25, 0.3) is 0 Å². The third-order valence-electron chi connectivity index (χ3n) is 2.35. The van der Waals surface area contributed by atoms with Crippen molar-refractivity contribution in [2.45, 2.75) is 18.7 Å². The van der Waals surface area contributed by atoms with Crippen LogP contribution in [0.2, 0.25) is 0 Å². The summed E-state index contributed by atoms with van der Waals surface area (Å²) < 4.78 is 37.9. The number of hydrogen-bond donors (Lipinski definition) is 1. The lowest BCUT2D eigenvalue weighted by molar-refractivity contribution is -0.259. The van der Waals surface area contributed by atoms with E-state index in [1.807, 2.05) is 0 Å². The van der Waals surface area contributed by atoms with Gasteiger partial charge in [-0.2, -0.15) is 23.7 Å². The molecule has 0 radical (unpaired) electrons. The Labute approximate surface area is 95.3 Å². The van der Waals surface area contributed by atoms with Crippen LogP contribution in [0.1, 0.15) is 23.6 Å². The summed E-state index contributed by atoms with van der Waals surface area (Å²) in [6, 6.07) is 6.37. The monoisotopic (exact) mass is 240 g/mol. The minimum Gasteiger partial charge on any atom is -0.376 e. The van der Waals surface area contributed by atoms with Crippen molar-refractivity contribution < 1.29 is 18.3 Å². The summed E-state index contributed by atoms with van der Waals surface area (Å²) in [6.45, 7) is 0.546. The Morgan fingerprint density at radius 3 is 2.18 bits per heavy atom. The fraction of sp³-hybridized carbons (Fsp3) is 0.273. The van der Waals surface area contributed by atoms with Gasteiger partial charge < -0.3 is 5.11 Å². The lowest BCUT2D eigenvalue weighted by Crippen LogP contribution is -2.39. The van der Waals surface area contributed by atoms with Crippen molar-refractivity contribution >= 4 is 0 Å². The topological polar surface area (TPSA) is 67.8 Å². The Kier molecular flexibility index (Phi) is 3.12. The average molecular weight is 240 g/mol. The van der Waals surface area contributed by atoms with E-state index < -0.39 is 17.3 Å². The van der Waals surface area contributed by atoms with Gasteiger partial charge in [0.1, 0.15) is 0 Å². The molecule has 0 heterocycles. The van der Waals surface area contributed by atoms with Gasteiger partial charge in [-0.3, -0.25) is 0 Å². The van der Waals surface area contributed by atoms with E-state index in [9.17, 15) is 18.3 Å². The average Bonchev–Trinajstić information content (AvgIpc) is 2.26. The molecule has 3 nitrogen and oxygen atoms in total. The molecular weight excluding hydrogens is 233 g/mol. The molecule has 0 spiro atoms. The number of hydrogen-bond acceptors (Lipinski definition) is 3. The van der Waals surface area contributed by atoms with E-state index in [2.05, 4.69) is 0 Å². The molecule has 0 aromatic heterocycles. The molecule has 88 valence electrons. The maximum Gasteiger partial charge on any atom is 0.421 e. The van der Waals surface area contributed by atoms with Crippen LogP contribution in [-0.4, -0.2) is 11.3 Å². The van der Waals surface area contributed by atoms with Gasteiger partial charge >= 0.3 is 6.18 Å². The first-order chi connectivity index (χ1) is 7.74. The molecule has 0 saturated carbocycles. The second kappa shape index (κ2) is 4.08. The van der Waals surface area contributed by atoms with Crippen molar-refractivity contribution in [3.05, 3.63) is 34.9 Å². The molecule has 0 aliphatic rings. The highest BCUT2D eigenvalue weighted by Gasteiger charge is 2.52. The zero-order valence-electron chi connectivity index (χ0n) is 8.71. The lowest BCUT2D eigenvalue weighted by Gasteiger charge is -2.27. The second-order valence-electron chi connectivity index (χ2n) is 3.55. The molecule has 1 rings (SSSR count). The Balaban J connectivity index is 3.50. The van der Waals surface area contributed by atoms with Crippen LogP contribution in [0.4, 0.5) is 13.2 Å². The minimum absolute atomic E-state index is 0.0523. The molecule has 0 saturated heterocycles. The molecule has 1 N–H and O–H groups in total. The lowest BCUT2D eigenvalue weighted by atomic mass is 9.90. The summed E-state index contributed by atoms with van der Waals surface area (Å²) in [6.07, 6.45) is -4.92. The first-order valence-electron chi connectivity index (χ1n) is 4.48. The normalized spacial score (nSPS) is 14.5. The predicted octanol–water partition coefficient (Wildman–Crippen LogP) is 2.20. The Morgan fingerprint density at radius 2 is 1.76 bits per heavy atom. The van der Waals surface area contributed by atoms with Gasteiger partial charge in [0.2, 0.25) is 0 Å². The van der Waals surface area contributed by atoms with Crippen LogP contribution in [0.3, 0.4) is 0 Å². The fourth-order valence-electron chi connectivity index (χ4n) is 1.27. The highest BCUT2D eigenvalue weighted by atomic mass is 19.4. The van der Waals surface area contributed by atoms with E-state index in [4.69, 9.17) is 10.5 Å². The van der Waals surface area contributed by atoms with E-state index in [1.54, 1.807) is 12.1 Å². The smallest absolute Gasteiger partial charge is 0.376 e. The molecule has 0 aliphatic heterocycles. The zero-order valence-corrected chi connectivity index (χ0v) is 8.71. The van der Waals surface area contributed by atoms with Crippen LogP contribution < -0.4 is 0 Å². The van der Waals surface area contributed by atoms with Gasteiger partial charge in [0, 0.05) is 5.56 Å². The van der Waals surface area contributed by atoms with Crippen LogP contribution >= 0.6 is 0 Å². The van der Waals surface area contributed by atoms with Gasteiger partial charge in [-0.15, -0.1) is 0 Å². The standard InChI is InChI=1S/C11H7F3N2O/c1-10(17,11(12,13)14)9-4-7(5-15)2-3-8(9)6-16/h2-4,17H,1H3. The first-order valence-corrected chi connectivity index (χ1v) is 4.48. The Morgan fingerprint density at radius 1 is 1.18 bits per heavy atom. The quantitative estimate of drug-likeness (QED) is 0.818. The van der Waals surface area contributed by atoms with Crippen LogP contribution in [-0.2, 0) is 5.60 Å². The largest absolute Gasteiger partial charge is 0.421 e. The van der Waals surface area contributed by atoms with Gasteiger partial charge in [0.05, 0.1) is 23.3 Å². The maximum atomic E-state index is 12.6. The maximum absolute atomic E-state index is 12.6. The first kappa shape index (κ1) is 13.0. The van der Waals surface area contributed by atoms with Crippen LogP contribution in [0.5, 0.6) is 0 Å². The van der Waals surface area contributed by atoms with Crippen molar-refractivity contribution in [3.8, 4) is 12.1 Å². The molecular formula is C11H7F3N2O. The molecule has 1 aromatic carbocycles. The molecule has 17 heavy (non-hydrogen) atoms. The molecule has 0 amide bonds. The Hall–Kier alpha value is -2.05. The number of alkyl halides is 3. The fourth-order valence-corrected chi connectivity index (χ4v) is 1.27. The minimum atomic E-state index is -4.92. The third-order valence-corrected chi connectivity index (χ3v) is 2.35. The predicted molar refractivity (Wildman–Crippen MR) is 51.5 cm³/mol. The second-order valence-corrected chi connectivity index (χ2v) is 3.55. The van der Waals surface area contributed by atoms with Crippen LogP contribution in [0.15, 0.2) is 18.2 Å². The van der Waals surface area contributed by atoms with Gasteiger partial charge in [-0.25, -0.2) is 0 Å². The molecule has 0 aliphatic carbocycles. The van der Waals surface area contributed by atoms with E-state index in [-0.39, 0.29) is 11.1 Å². The van der Waals surface area contributed by atoms with Gasteiger partial charge in [-0.1, -0.05) is 0 Å². The molecule has 0 bridgehead atoms. The molecule has 1 unspecified atom stereocenters. The summed E-state index contributed by atoms with van der Waals surface area (Å²) in [5.41, 5.74) is -4.15. The highest BCUT2D eigenvalue weighted by molar-refractivity contribution is 5.47. The highest BCUT2D eigenvalue weighted by Crippen LogP contribution is 2.39. The number of nitrogens with zero attached hydrogens (tertiary/aromatic N) is 2. The van der Waals surface area contributed by atoms with Crippen molar-refractivity contribution in [2.24, 2.45) is 0 Å². The summed E-state index contributed by atoms with van der Waals surface area (Å²) in [5.74, 6) is 0.